The van der Waals surface area contributed by atoms with Crippen molar-refractivity contribution >= 4 is 39.0 Å². The quantitative estimate of drug-likeness (QED) is 0.444. The summed E-state index contributed by atoms with van der Waals surface area (Å²) in [6.07, 6.45) is 0. The monoisotopic (exact) mass is 187 g/mol. The van der Waals surface area contributed by atoms with Crippen LogP contribution in [0.5, 0.6) is 0 Å². The molecule has 1 nitrogen and oxygen atoms in total. The number of hydrogen-bond donors (Lipinski definition) is 1. The van der Waals surface area contributed by atoms with Crippen LogP contribution >= 0.6 is 15.9 Å². The van der Waals surface area contributed by atoms with Crippen molar-refractivity contribution < 1.29 is 2.85 Å². The van der Waals surface area contributed by atoms with Gasteiger partial charge in [-0.3, -0.25) is 0 Å². The van der Waals surface area contributed by atoms with Crippen molar-refractivity contribution in [2.45, 2.75) is 19.4 Å². The predicted octanol–water partition coefficient (Wildman–Crippen LogP) is 0.924. The Balaban J connectivity index is -0.0000000600. The van der Waals surface area contributed by atoms with Crippen LogP contribution in [0.2, 0.25) is 0 Å². The molecule has 0 rings (SSSR count). The molecule has 0 aromatic carbocycles. The van der Waals surface area contributed by atoms with Crippen LogP contribution in [-0.2, 0) is 0 Å². The molecule has 0 unspecified atom stereocenters. The second-order valence-electron chi connectivity index (χ2n) is 1.94. The fourth-order valence-electron chi connectivity index (χ4n) is 0.122. The molecule has 0 atom stereocenters. The largest absolute Gasteiger partial charge is 2.00 e. The van der Waals surface area contributed by atoms with Crippen molar-refractivity contribution in [3.63, 3.8) is 0 Å². The first-order valence-corrected chi connectivity index (χ1v) is 2.77. The fraction of sp³-hybridized carbons (Fsp3) is 0.600. The van der Waals surface area contributed by atoms with Crippen molar-refractivity contribution in [2.24, 2.45) is 5.73 Å². The van der Waals surface area contributed by atoms with E-state index in [0.717, 1.165) is 0 Å². The summed E-state index contributed by atoms with van der Waals surface area (Å²) in [4.78, 5) is 2.55. The van der Waals surface area contributed by atoms with Gasteiger partial charge in [0.25, 0.3) is 0 Å². The Morgan fingerprint density at radius 3 is 2.00 bits per heavy atom. The summed E-state index contributed by atoms with van der Waals surface area (Å²) in [5, 5.41) is 0. The first kappa shape index (κ1) is 11.5. The van der Waals surface area contributed by atoms with Gasteiger partial charge in [-0.15, -0.1) is 0 Å². The standard InChI is InChI=1S/C5H8BrN.Mg.2H/c1-5(2,7)3-4-6;;;/h7H2,1-2H3;;;/q;+2;2*-1. The molecular weight excluding hydrogens is 178 g/mol. The molecule has 0 heterocycles. The van der Waals surface area contributed by atoms with Gasteiger partial charge in [0.1, 0.15) is 0 Å². The van der Waals surface area contributed by atoms with Gasteiger partial charge in [0.15, 0.2) is 0 Å². The molecule has 0 aliphatic heterocycles. The Hall–Kier alpha value is 0.766. The van der Waals surface area contributed by atoms with Gasteiger partial charge in [0, 0.05) is 15.9 Å². The van der Waals surface area contributed by atoms with E-state index in [9.17, 15) is 0 Å². The molecule has 0 aliphatic rings. The van der Waals surface area contributed by atoms with Crippen LogP contribution in [0.25, 0.3) is 0 Å². The van der Waals surface area contributed by atoms with E-state index in [-0.39, 0.29) is 31.4 Å². The molecule has 3 heteroatoms. The fourth-order valence-corrected chi connectivity index (χ4v) is 0.633. The smallest absolute Gasteiger partial charge is 1.00 e. The van der Waals surface area contributed by atoms with Gasteiger partial charge in [-0.05, 0) is 18.7 Å². The van der Waals surface area contributed by atoms with Crippen molar-refractivity contribution in [3.8, 4) is 10.8 Å². The van der Waals surface area contributed by atoms with E-state index in [1.807, 2.05) is 13.8 Å². The molecule has 0 saturated carbocycles. The van der Waals surface area contributed by atoms with E-state index in [1.165, 1.54) is 0 Å². The average Bonchev–Trinajstić information content (AvgIpc) is 1.30. The number of rotatable bonds is 0. The van der Waals surface area contributed by atoms with Gasteiger partial charge >= 0.3 is 23.1 Å². The summed E-state index contributed by atoms with van der Waals surface area (Å²) < 4.78 is 0. The van der Waals surface area contributed by atoms with Crippen molar-refractivity contribution in [3.05, 3.63) is 0 Å². The zero-order valence-corrected chi connectivity index (χ0v) is 8.16. The molecule has 44 valence electrons. The topological polar surface area (TPSA) is 26.0 Å². The molecule has 0 aromatic heterocycles. The van der Waals surface area contributed by atoms with E-state index < -0.39 is 0 Å². The molecule has 8 heavy (non-hydrogen) atoms. The van der Waals surface area contributed by atoms with Crippen molar-refractivity contribution in [2.75, 3.05) is 0 Å². The summed E-state index contributed by atoms with van der Waals surface area (Å²) in [6.45, 7) is 3.70. The van der Waals surface area contributed by atoms with Gasteiger partial charge in [-0.25, -0.2) is 0 Å². The second kappa shape index (κ2) is 4.63. The Morgan fingerprint density at radius 2 is 2.00 bits per heavy atom. The summed E-state index contributed by atoms with van der Waals surface area (Å²) in [5.74, 6) is 2.73. The summed E-state index contributed by atoms with van der Waals surface area (Å²) in [6, 6.07) is 0. The Labute approximate surface area is 77.6 Å². The van der Waals surface area contributed by atoms with E-state index in [4.69, 9.17) is 5.73 Å². The Kier molecular flexibility index (Phi) is 6.68. The molecule has 2 N–H and O–H groups in total. The predicted molar refractivity (Wildman–Crippen MR) is 42.9 cm³/mol. The normalized spacial score (nSPS) is 8.50. The summed E-state index contributed by atoms with van der Waals surface area (Å²) >= 11 is 2.94. The minimum absolute atomic E-state index is 0. The van der Waals surface area contributed by atoms with Crippen LogP contribution in [0, 0.1) is 10.8 Å². The van der Waals surface area contributed by atoms with Crippen LogP contribution in [0.1, 0.15) is 16.7 Å². The molecule has 0 spiro atoms. The van der Waals surface area contributed by atoms with Crippen LogP contribution in [0.3, 0.4) is 0 Å². The Morgan fingerprint density at radius 1 is 1.62 bits per heavy atom. The number of nitrogens with two attached hydrogens (primary N) is 1. The molecule has 0 fully saturated rings. The molecule has 0 radical (unpaired) electrons. The molecule has 0 aliphatic carbocycles. The molecule has 0 bridgehead atoms. The van der Waals surface area contributed by atoms with Crippen LogP contribution in [0.4, 0.5) is 0 Å². The number of hydrogen-bond acceptors (Lipinski definition) is 1. The first-order chi connectivity index (χ1) is 3.06. The maximum Gasteiger partial charge on any atom is 2.00 e. The second-order valence-corrected chi connectivity index (χ2v) is 2.34. The van der Waals surface area contributed by atoms with Gasteiger partial charge < -0.3 is 8.59 Å². The minimum Gasteiger partial charge on any atom is -1.00 e. The zero-order chi connectivity index (χ0) is 5.91. The van der Waals surface area contributed by atoms with Gasteiger partial charge in [-0.2, -0.15) is 0 Å². The zero-order valence-electron chi connectivity index (χ0n) is 7.16. The molecule has 0 saturated heterocycles. The van der Waals surface area contributed by atoms with Crippen LogP contribution in [0.15, 0.2) is 0 Å². The third-order valence-corrected chi connectivity index (χ3v) is 0.568. The van der Waals surface area contributed by atoms with Crippen molar-refractivity contribution in [1.82, 2.24) is 0 Å². The van der Waals surface area contributed by atoms with Crippen LogP contribution < -0.4 is 5.73 Å². The maximum atomic E-state index is 5.44. The molecular formula is C5H10BrMgN. The first-order valence-electron chi connectivity index (χ1n) is 1.98. The average molecular weight is 188 g/mol. The third kappa shape index (κ3) is 9.90. The van der Waals surface area contributed by atoms with Gasteiger partial charge in [-0.1, -0.05) is 5.92 Å². The summed E-state index contributed by atoms with van der Waals surface area (Å²) in [7, 11) is 0. The van der Waals surface area contributed by atoms with E-state index in [0.29, 0.717) is 0 Å². The van der Waals surface area contributed by atoms with Gasteiger partial charge in [0.2, 0.25) is 0 Å². The maximum absolute atomic E-state index is 5.44. The number of halogens is 1. The summed E-state index contributed by atoms with van der Waals surface area (Å²) in [5.41, 5.74) is 5.08. The minimum atomic E-state index is -0.358. The van der Waals surface area contributed by atoms with E-state index in [2.05, 4.69) is 26.7 Å². The van der Waals surface area contributed by atoms with Crippen LogP contribution in [-0.4, -0.2) is 28.6 Å². The molecule has 0 aromatic rings. The third-order valence-electron chi connectivity index (χ3n) is 0.369. The van der Waals surface area contributed by atoms with Crippen molar-refractivity contribution in [1.29, 1.82) is 0 Å². The van der Waals surface area contributed by atoms with E-state index >= 15 is 0 Å². The Bertz CT molecular complexity index is 113. The molecule has 0 amide bonds. The van der Waals surface area contributed by atoms with E-state index in [1.54, 1.807) is 0 Å². The SMILES string of the molecule is CC(C)(N)C#CBr.[H-].[H-].[Mg+2]. The van der Waals surface area contributed by atoms with Gasteiger partial charge in [0.05, 0.1) is 5.54 Å².